The summed E-state index contributed by atoms with van der Waals surface area (Å²) >= 11 is 0. The molecule has 0 aliphatic carbocycles. The van der Waals surface area contributed by atoms with Crippen LogP contribution in [0, 0.1) is 0 Å². The summed E-state index contributed by atoms with van der Waals surface area (Å²) < 4.78 is 28.7. The maximum Gasteiger partial charge on any atom is 0.242 e. The first-order valence-corrected chi connectivity index (χ1v) is 8.38. The zero-order valence-electron chi connectivity index (χ0n) is 12.0. The second kappa shape index (κ2) is 6.89. The van der Waals surface area contributed by atoms with Crippen molar-refractivity contribution in [1.82, 2.24) is 9.29 Å². The second-order valence-corrected chi connectivity index (χ2v) is 6.51. The third kappa shape index (κ3) is 3.93. The summed E-state index contributed by atoms with van der Waals surface area (Å²) in [6, 6.07) is 11.2. The maximum atomic E-state index is 12.2. The molecular weight excluding hydrogens is 288 g/mol. The highest BCUT2D eigenvalue weighted by Crippen LogP contribution is 2.14. The summed E-state index contributed by atoms with van der Waals surface area (Å²) in [6.45, 7) is 2.69. The Bertz CT molecular complexity index is 657. The Balaban J connectivity index is 2.03. The first-order chi connectivity index (χ1) is 10.1. The van der Waals surface area contributed by atoms with Crippen LogP contribution in [0.5, 0.6) is 0 Å². The van der Waals surface area contributed by atoms with Crippen molar-refractivity contribution < 1.29 is 13.5 Å². The van der Waals surface area contributed by atoms with E-state index in [0.29, 0.717) is 25.2 Å². The van der Waals surface area contributed by atoms with Gasteiger partial charge < -0.3 is 9.67 Å². The van der Waals surface area contributed by atoms with E-state index >= 15 is 0 Å². The third-order valence-electron chi connectivity index (χ3n) is 3.32. The van der Waals surface area contributed by atoms with Gasteiger partial charge in [-0.2, -0.15) is 0 Å². The number of hydrogen-bond acceptors (Lipinski definition) is 3. The number of nitrogens with zero attached hydrogens (tertiary/aromatic N) is 1. The molecule has 0 saturated carbocycles. The van der Waals surface area contributed by atoms with E-state index in [-0.39, 0.29) is 11.5 Å². The van der Waals surface area contributed by atoms with Crippen molar-refractivity contribution in [2.24, 2.45) is 0 Å². The SMILES string of the molecule is CCn1cc(S(=O)(=O)NCCc2ccccc2)cc1CO. The molecule has 0 bridgehead atoms. The molecule has 0 radical (unpaired) electrons. The third-order valence-corrected chi connectivity index (χ3v) is 4.75. The first-order valence-electron chi connectivity index (χ1n) is 6.90. The molecule has 114 valence electrons. The number of rotatable bonds is 7. The van der Waals surface area contributed by atoms with Crippen molar-refractivity contribution in [3.8, 4) is 0 Å². The fourth-order valence-corrected chi connectivity index (χ4v) is 3.25. The van der Waals surface area contributed by atoms with E-state index in [1.807, 2.05) is 37.3 Å². The number of hydrogen-bond donors (Lipinski definition) is 2. The van der Waals surface area contributed by atoms with Gasteiger partial charge in [0.05, 0.1) is 11.5 Å². The second-order valence-electron chi connectivity index (χ2n) is 4.74. The van der Waals surface area contributed by atoms with Gasteiger partial charge in [0, 0.05) is 25.0 Å². The summed E-state index contributed by atoms with van der Waals surface area (Å²) in [5.74, 6) is 0. The van der Waals surface area contributed by atoms with Crippen LogP contribution in [0.25, 0.3) is 0 Å². The van der Waals surface area contributed by atoms with Crippen LogP contribution >= 0.6 is 0 Å². The molecule has 21 heavy (non-hydrogen) atoms. The average molecular weight is 308 g/mol. The number of nitrogens with one attached hydrogen (secondary N) is 1. The highest BCUT2D eigenvalue weighted by Gasteiger charge is 2.17. The largest absolute Gasteiger partial charge is 0.390 e. The van der Waals surface area contributed by atoms with E-state index in [1.165, 1.54) is 6.07 Å². The minimum absolute atomic E-state index is 0.173. The lowest BCUT2D eigenvalue weighted by Gasteiger charge is -2.05. The number of aryl methyl sites for hydroxylation is 1. The fourth-order valence-electron chi connectivity index (χ4n) is 2.16. The average Bonchev–Trinajstić information content (AvgIpc) is 2.92. The predicted molar refractivity (Wildman–Crippen MR) is 81.4 cm³/mol. The van der Waals surface area contributed by atoms with Gasteiger partial charge >= 0.3 is 0 Å². The van der Waals surface area contributed by atoms with Gasteiger partial charge in [-0.3, -0.25) is 0 Å². The van der Waals surface area contributed by atoms with Gasteiger partial charge in [-0.15, -0.1) is 0 Å². The molecule has 2 N–H and O–H groups in total. The molecule has 1 heterocycles. The lowest BCUT2D eigenvalue weighted by molar-refractivity contribution is 0.271. The molecule has 6 heteroatoms. The molecule has 0 fully saturated rings. The van der Waals surface area contributed by atoms with E-state index in [0.717, 1.165) is 5.56 Å². The minimum Gasteiger partial charge on any atom is -0.390 e. The Labute approximate surface area is 125 Å². The molecule has 0 atom stereocenters. The van der Waals surface area contributed by atoms with Crippen LogP contribution in [0.1, 0.15) is 18.2 Å². The summed E-state index contributed by atoms with van der Waals surface area (Å²) in [5.41, 5.74) is 1.68. The molecule has 0 aliphatic heterocycles. The molecule has 0 saturated heterocycles. The number of aromatic nitrogens is 1. The number of benzene rings is 1. The molecule has 0 amide bonds. The van der Waals surface area contributed by atoms with Crippen molar-refractivity contribution in [3.05, 3.63) is 53.9 Å². The Morgan fingerprint density at radius 1 is 1.24 bits per heavy atom. The normalized spacial score (nSPS) is 11.7. The molecule has 0 aliphatic rings. The molecule has 2 rings (SSSR count). The van der Waals surface area contributed by atoms with Crippen molar-refractivity contribution in [2.45, 2.75) is 31.4 Å². The van der Waals surface area contributed by atoms with Crippen LogP contribution in [0.4, 0.5) is 0 Å². The molecule has 5 nitrogen and oxygen atoms in total. The molecule has 0 spiro atoms. The topological polar surface area (TPSA) is 71.3 Å². The van der Waals surface area contributed by atoms with E-state index in [1.54, 1.807) is 10.8 Å². The van der Waals surface area contributed by atoms with Crippen molar-refractivity contribution in [2.75, 3.05) is 6.54 Å². The van der Waals surface area contributed by atoms with Crippen LogP contribution in [-0.2, 0) is 29.6 Å². The van der Waals surface area contributed by atoms with Gasteiger partial charge in [0.25, 0.3) is 0 Å². The molecule has 1 aromatic heterocycles. The Hall–Kier alpha value is -1.63. The van der Waals surface area contributed by atoms with Crippen molar-refractivity contribution in [3.63, 3.8) is 0 Å². The van der Waals surface area contributed by atoms with Crippen molar-refractivity contribution in [1.29, 1.82) is 0 Å². The maximum absolute atomic E-state index is 12.2. The Morgan fingerprint density at radius 3 is 2.52 bits per heavy atom. The van der Waals surface area contributed by atoms with E-state index in [4.69, 9.17) is 0 Å². The van der Waals surface area contributed by atoms with Crippen LogP contribution in [0.3, 0.4) is 0 Å². The number of aliphatic hydroxyl groups excluding tert-OH is 1. The molecule has 1 aromatic carbocycles. The van der Waals surface area contributed by atoms with Gasteiger partial charge in [0.15, 0.2) is 0 Å². The van der Waals surface area contributed by atoms with E-state index in [2.05, 4.69) is 4.72 Å². The highest BCUT2D eigenvalue weighted by molar-refractivity contribution is 7.89. The van der Waals surface area contributed by atoms with E-state index in [9.17, 15) is 13.5 Å². The molecule has 0 unspecified atom stereocenters. The van der Waals surface area contributed by atoms with Crippen LogP contribution in [0.15, 0.2) is 47.5 Å². The predicted octanol–water partition coefficient (Wildman–Crippen LogP) is 1.52. The summed E-state index contributed by atoms with van der Waals surface area (Å²) in [5, 5.41) is 9.22. The Morgan fingerprint density at radius 2 is 1.95 bits per heavy atom. The molecular formula is C15H20N2O3S. The van der Waals surface area contributed by atoms with Gasteiger partial charge in [-0.1, -0.05) is 30.3 Å². The van der Waals surface area contributed by atoms with Crippen LogP contribution < -0.4 is 4.72 Å². The van der Waals surface area contributed by atoms with Gasteiger partial charge in [-0.05, 0) is 25.0 Å². The minimum atomic E-state index is -3.53. The lowest BCUT2D eigenvalue weighted by Crippen LogP contribution is -2.25. The van der Waals surface area contributed by atoms with Crippen LogP contribution in [-0.4, -0.2) is 24.6 Å². The summed E-state index contributed by atoms with van der Waals surface area (Å²) in [4.78, 5) is 0.196. The van der Waals surface area contributed by atoms with Gasteiger partial charge in [0.2, 0.25) is 10.0 Å². The zero-order valence-corrected chi connectivity index (χ0v) is 12.8. The first kappa shape index (κ1) is 15.8. The van der Waals surface area contributed by atoms with Gasteiger partial charge in [0.1, 0.15) is 0 Å². The van der Waals surface area contributed by atoms with Crippen molar-refractivity contribution >= 4 is 10.0 Å². The monoisotopic (exact) mass is 308 g/mol. The fraction of sp³-hybridized carbons (Fsp3) is 0.333. The van der Waals surface area contributed by atoms with Crippen LogP contribution in [0.2, 0.25) is 0 Å². The lowest BCUT2D eigenvalue weighted by atomic mass is 10.2. The van der Waals surface area contributed by atoms with Gasteiger partial charge in [-0.25, -0.2) is 13.1 Å². The number of aliphatic hydroxyl groups is 1. The standard InChI is InChI=1S/C15H20N2O3S/c1-2-17-11-15(10-14(17)12-18)21(19,20)16-9-8-13-6-4-3-5-7-13/h3-7,10-11,16,18H,2,8-9,12H2,1H3. The summed E-state index contributed by atoms with van der Waals surface area (Å²) in [7, 11) is -3.53. The Kier molecular flexibility index (Phi) is 5.17. The summed E-state index contributed by atoms with van der Waals surface area (Å²) in [6.07, 6.45) is 2.19. The van der Waals surface area contributed by atoms with E-state index < -0.39 is 10.0 Å². The smallest absolute Gasteiger partial charge is 0.242 e. The molecule has 2 aromatic rings. The quantitative estimate of drug-likeness (QED) is 0.814. The zero-order chi connectivity index (χ0) is 15.3. The highest BCUT2D eigenvalue weighted by atomic mass is 32.2. The number of sulfonamides is 1.